The molecule has 2 saturated heterocycles. The quantitative estimate of drug-likeness (QED) is 0.314. The van der Waals surface area contributed by atoms with E-state index in [0.717, 1.165) is 77.6 Å². The molecular formula is C25H41IN6O. The summed E-state index contributed by atoms with van der Waals surface area (Å²) in [5, 5.41) is 6.95. The van der Waals surface area contributed by atoms with Crippen LogP contribution in [0.1, 0.15) is 43.2 Å². The van der Waals surface area contributed by atoms with Crippen molar-refractivity contribution in [1.82, 2.24) is 25.3 Å². The maximum atomic E-state index is 12.7. The third-order valence-electron chi connectivity index (χ3n) is 7.25. The lowest BCUT2D eigenvalue weighted by Gasteiger charge is -2.32. The van der Waals surface area contributed by atoms with Gasteiger partial charge in [0.05, 0.1) is 0 Å². The van der Waals surface area contributed by atoms with Crippen molar-refractivity contribution in [3.8, 4) is 0 Å². The fraction of sp³-hybridized carbons (Fsp3) is 0.680. The molecule has 4 rings (SSSR count). The lowest BCUT2D eigenvalue weighted by Crippen LogP contribution is -2.45. The Labute approximate surface area is 216 Å². The molecule has 1 aromatic carbocycles. The van der Waals surface area contributed by atoms with Gasteiger partial charge in [0, 0.05) is 71.4 Å². The van der Waals surface area contributed by atoms with Crippen molar-refractivity contribution >= 4 is 35.8 Å². The van der Waals surface area contributed by atoms with Crippen LogP contribution < -0.4 is 10.6 Å². The topological polar surface area (TPSA) is 63.2 Å². The molecule has 0 radical (unpaired) electrons. The van der Waals surface area contributed by atoms with Crippen LogP contribution in [0.3, 0.4) is 0 Å². The molecule has 7 nitrogen and oxygen atoms in total. The number of benzene rings is 1. The van der Waals surface area contributed by atoms with E-state index in [1.165, 1.54) is 24.0 Å². The van der Waals surface area contributed by atoms with Crippen LogP contribution >= 0.6 is 24.0 Å². The van der Waals surface area contributed by atoms with Crippen molar-refractivity contribution in [3.63, 3.8) is 0 Å². The molecule has 184 valence electrons. The number of aliphatic imine (C=N–C) groups is 1. The van der Waals surface area contributed by atoms with Crippen LogP contribution in [0.2, 0.25) is 0 Å². The predicted molar refractivity (Wildman–Crippen MR) is 145 cm³/mol. The van der Waals surface area contributed by atoms with Gasteiger partial charge in [-0.1, -0.05) is 37.1 Å². The summed E-state index contributed by atoms with van der Waals surface area (Å²) in [6.45, 7) is 8.02. The summed E-state index contributed by atoms with van der Waals surface area (Å²) < 4.78 is 0. The molecule has 3 fully saturated rings. The van der Waals surface area contributed by atoms with E-state index >= 15 is 0 Å². The fourth-order valence-corrected chi connectivity index (χ4v) is 5.11. The zero-order valence-corrected chi connectivity index (χ0v) is 22.6. The molecular weight excluding hydrogens is 527 g/mol. The van der Waals surface area contributed by atoms with Gasteiger partial charge in [-0.3, -0.25) is 14.7 Å². The van der Waals surface area contributed by atoms with E-state index in [1.54, 1.807) is 0 Å². The molecule has 1 saturated carbocycles. The van der Waals surface area contributed by atoms with Gasteiger partial charge in [0.15, 0.2) is 5.96 Å². The summed E-state index contributed by atoms with van der Waals surface area (Å²) in [6, 6.07) is 9.19. The Balaban J connectivity index is 0.00000306. The normalized spacial score (nSPS) is 22.9. The highest BCUT2D eigenvalue weighted by Crippen LogP contribution is 2.27. The van der Waals surface area contributed by atoms with E-state index in [1.807, 2.05) is 7.05 Å². The number of likely N-dealkylation sites (N-methyl/N-ethyl adjacent to an activating group) is 1. The van der Waals surface area contributed by atoms with Gasteiger partial charge in [0.2, 0.25) is 5.91 Å². The van der Waals surface area contributed by atoms with Gasteiger partial charge in [0.25, 0.3) is 0 Å². The molecule has 2 heterocycles. The summed E-state index contributed by atoms with van der Waals surface area (Å²) >= 11 is 0. The molecule has 1 atom stereocenters. The summed E-state index contributed by atoms with van der Waals surface area (Å²) in [7, 11) is 4.01. The van der Waals surface area contributed by atoms with Crippen LogP contribution in [0.4, 0.5) is 0 Å². The van der Waals surface area contributed by atoms with E-state index in [0.29, 0.717) is 5.91 Å². The van der Waals surface area contributed by atoms with Gasteiger partial charge < -0.3 is 20.4 Å². The maximum Gasteiger partial charge on any atom is 0.225 e. The molecule has 0 aromatic heterocycles. The maximum absolute atomic E-state index is 12.7. The monoisotopic (exact) mass is 568 g/mol. The van der Waals surface area contributed by atoms with Gasteiger partial charge in [0.1, 0.15) is 0 Å². The van der Waals surface area contributed by atoms with Crippen LogP contribution in [0.25, 0.3) is 0 Å². The molecule has 2 aliphatic heterocycles. The summed E-state index contributed by atoms with van der Waals surface area (Å²) in [5.41, 5.74) is 2.62. The molecule has 0 spiro atoms. The second-order valence-corrected chi connectivity index (χ2v) is 9.72. The molecule has 1 aliphatic carbocycles. The molecule has 1 unspecified atom stereocenters. The third kappa shape index (κ3) is 7.55. The van der Waals surface area contributed by atoms with Gasteiger partial charge in [-0.05, 0) is 37.4 Å². The lowest BCUT2D eigenvalue weighted by molar-refractivity contribution is -0.134. The van der Waals surface area contributed by atoms with Crippen molar-refractivity contribution in [1.29, 1.82) is 0 Å². The van der Waals surface area contributed by atoms with Crippen LogP contribution in [-0.2, 0) is 17.9 Å². The van der Waals surface area contributed by atoms with Gasteiger partial charge in [-0.25, -0.2) is 0 Å². The second kappa shape index (κ2) is 12.9. The summed E-state index contributed by atoms with van der Waals surface area (Å²) in [5.74, 6) is 1.45. The van der Waals surface area contributed by atoms with Gasteiger partial charge >= 0.3 is 0 Å². The number of carbonyl (C=O) groups is 1. The van der Waals surface area contributed by atoms with E-state index in [2.05, 4.69) is 61.6 Å². The minimum absolute atomic E-state index is 0. The second-order valence-electron chi connectivity index (χ2n) is 9.72. The average Bonchev–Trinajstić information content (AvgIpc) is 3.51. The first-order valence-electron chi connectivity index (χ1n) is 12.4. The van der Waals surface area contributed by atoms with Crippen molar-refractivity contribution in [2.75, 3.05) is 53.4 Å². The minimum Gasteiger partial charge on any atom is -0.352 e. The fourth-order valence-electron chi connectivity index (χ4n) is 5.11. The van der Waals surface area contributed by atoms with Gasteiger partial charge in [-0.15, -0.1) is 24.0 Å². The number of hydrogen-bond donors (Lipinski definition) is 2. The predicted octanol–water partition coefficient (Wildman–Crippen LogP) is 2.51. The zero-order valence-electron chi connectivity index (χ0n) is 20.3. The number of piperazine rings is 1. The van der Waals surface area contributed by atoms with Crippen molar-refractivity contribution in [3.05, 3.63) is 35.4 Å². The molecule has 0 bridgehead atoms. The van der Waals surface area contributed by atoms with E-state index in [4.69, 9.17) is 0 Å². The largest absolute Gasteiger partial charge is 0.352 e. The minimum atomic E-state index is 0. The van der Waals surface area contributed by atoms with Gasteiger partial charge in [-0.2, -0.15) is 0 Å². The number of carbonyl (C=O) groups excluding carboxylic acids is 1. The smallest absolute Gasteiger partial charge is 0.225 e. The number of hydrogen-bond acceptors (Lipinski definition) is 4. The molecule has 8 heteroatoms. The number of nitrogens with zero attached hydrogens (tertiary/aromatic N) is 4. The third-order valence-corrected chi connectivity index (χ3v) is 7.25. The van der Waals surface area contributed by atoms with E-state index in [-0.39, 0.29) is 35.9 Å². The van der Waals surface area contributed by atoms with Crippen LogP contribution in [0.5, 0.6) is 0 Å². The summed E-state index contributed by atoms with van der Waals surface area (Å²) in [6.07, 6.45) is 5.55. The number of halogens is 1. The van der Waals surface area contributed by atoms with Crippen LogP contribution in [0, 0.1) is 5.92 Å². The number of amides is 1. The van der Waals surface area contributed by atoms with E-state index < -0.39 is 0 Å². The highest BCUT2D eigenvalue weighted by atomic mass is 127. The molecule has 1 amide bonds. The standard InChI is InChI=1S/C25H40N6O.HI/c1-26-25(28-23-11-12-31(19-23)24(32)22-5-3-4-6-22)27-17-20-7-9-21(10-8-20)18-30-15-13-29(2)14-16-30;/h7-10,22-23H,3-6,11-19H2,1-2H3,(H2,26,27,28);1H. The number of guanidine groups is 1. The van der Waals surface area contributed by atoms with Crippen molar-refractivity contribution < 1.29 is 4.79 Å². The van der Waals surface area contributed by atoms with E-state index in [9.17, 15) is 4.79 Å². The molecule has 33 heavy (non-hydrogen) atoms. The Morgan fingerprint density at radius 2 is 1.67 bits per heavy atom. The number of nitrogens with one attached hydrogen (secondary N) is 2. The Kier molecular flexibility index (Phi) is 10.2. The molecule has 3 aliphatic rings. The first-order chi connectivity index (χ1) is 15.6. The van der Waals surface area contributed by atoms with Crippen LogP contribution in [-0.4, -0.2) is 86.0 Å². The van der Waals surface area contributed by atoms with Crippen molar-refractivity contribution in [2.45, 2.75) is 51.2 Å². The molecule has 2 N–H and O–H groups in total. The number of rotatable bonds is 6. The summed E-state index contributed by atoms with van der Waals surface area (Å²) in [4.78, 5) is 24.0. The Morgan fingerprint density at radius 1 is 1.00 bits per heavy atom. The SMILES string of the molecule is CN=C(NCc1ccc(CN2CCN(C)CC2)cc1)NC1CCN(C(=O)C2CCCC2)C1.I. The Bertz CT molecular complexity index is 772. The number of likely N-dealkylation sites (tertiary alicyclic amines) is 1. The lowest BCUT2D eigenvalue weighted by atomic mass is 10.1. The first kappa shape index (κ1) is 26.2. The van der Waals surface area contributed by atoms with Crippen LogP contribution in [0.15, 0.2) is 29.3 Å². The Morgan fingerprint density at radius 3 is 2.33 bits per heavy atom. The highest BCUT2D eigenvalue weighted by molar-refractivity contribution is 14.0. The zero-order chi connectivity index (χ0) is 22.3. The molecule has 1 aromatic rings. The Hall–Kier alpha value is -1.39. The van der Waals surface area contributed by atoms with Crippen molar-refractivity contribution in [2.24, 2.45) is 10.9 Å². The first-order valence-corrected chi connectivity index (χ1v) is 12.4. The highest BCUT2D eigenvalue weighted by Gasteiger charge is 2.32. The average molecular weight is 569 g/mol.